The molecular weight excluding hydrogens is 293 g/mol. The van der Waals surface area contributed by atoms with Gasteiger partial charge >= 0.3 is 0 Å². The van der Waals surface area contributed by atoms with Crippen LogP contribution < -0.4 is 5.73 Å². The van der Waals surface area contributed by atoms with Gasteiger partial charge in [-0.3, -0.25) is 0 Å². The average Bonchev–Trinajstić information content (AvgIpc) is 2.35. The molecule has 0 bridgehead atoms. The van der Waals surface area contributed by atoms with E-state index in [1.807, 2.05) is 6.07 Å². The zero-order valence-electron chi connectivity index (χ0n) is 11.1. The van der Waals surface area contributed by atoms with Crippen molar-refractivity contribution in [2.24, 2.45) is 5.73 Å². The van der Waals surface area contributed by atoms with E-state index in [0.29, 0.717) is 4.47 Å². The van der Waals surface area contributed by atoms with E-state index in [-0.39, 0.29) is 11.9 Å². The largest absolute Gasteiger partial charge is 0.327 e. The van der Waals surface area contributed by atoms with E-state index in [0.717, 1.165) is 18.4 Å². The molecule has 0 radical (unpaired) electrons. The van der Waals surface area contributed by atoms with Crippen LogP contribution in [0, 0.1) is 5.82 Å². The highest BCUT2D eigenvalue weighted by molar-refractivity contribution is 9.10. The Labute approximate surface area is 118 Å². The minimum Gasteiger partial charge on any atom is -0.327 e. The molecule has 0 aliphatic carbocycles. The third kappa shape index (κ3) is 5.49. The van der Waals surface area contributed by atoms with Crippen LogP contribution in [0.3, 0.4) is 0 Å². The number of benzene rings is 1. The second kappa shape index (κ2) is 8.65. The van der Waals surface area contributed by atoms with E-state index in [1.54, 1.807) is 6.07 Å². The summed E-state index contributed by atoms with van der Waals surface area (Å²) in [5.74, 6) is -0.206. The molecule has 102 valence electrons. The number of hydrogen-bond donors (Lipinski definition) is 1. The van der Waals surface area contributed by atoms with E-state index in [2.05, 4.69) is 22.9 Å². The van der Waals surface area contributed by atoms with Gasteiger partial charge in [0.05, 0.1) is 4.47 Å². The monoisotopic (exact) mass is 315 g/mol. The lowest BCUT2D eigenvalue weighted by Crippen LogP contribution is -2.22. The van der Waals surface area contributed by atoms with Crippen molar-refractivity contribution < 1.29 is 4.39 Å². The molecule has 0 amide bonds. The van der Waals surface area contributed by atoms with Gasteiger partial charge in [0.1, 0.15) is 5.82 Å². The Balaban J connectivity index is 2.31. The van der Waals surface area contributed by atoms with Gasteiger partial charge in [-0.05, 0) is 40.4 Å². The molecule has 2 N–H and O–H groups in total. The first-order valence-corrected chi connectivity index (χ1v) is 7.63. The van der Waals surface area contributed by atoms with Crippen LogP contribution >= 0.6 is 15.9 Å². The lowest BCUT2D eigenvalue weighted by atomic mass is 10.0. The van der Waals surface area contributed by atoms with E-state index in [1.165, 1.54) is 38.2 Å². The van der Waals surface area contributed by atoms with Crippen LogP contribution in [0.2, 0.25) is 0 Å². The highest BCUT2D eigenvalue weighted by atomic mass is 79.9. The van der Waals surface area contributed by atoms with Crippen molar-refractivity contribution in [2.45, 2.75) is 57.9 Å². The van der Waals surface area contributed by atoms with Crippen LogP contribution in [0.4, 0.5) is 4.39 Å². The average molecular weight is 316 g/mol. The molecule has 1 rings (SSSR count). The third-order valence-corrected chi connectivity index (χ3v) is 4.08. The van der Waals surface area contributed by atoms with Gasteiger partial charge < -0.3 is 5.73 Å². The molecular formula is C15H23BrFN. The maximum absolute atomic E-state index is 13.3. The minimum absolute atomic E-state index is 0.129. The number of halogens is 2. The van der Waals surface area contributed by atoms with Gasteiger partial charge in [-0.2, -0.15) is 0 Å². The van der Waals surface area contributed by atoms with E-state index in [4.69, 9.17) is 5.73 Å². The Hall–Kier alpha value is -0.410. The molecule has 0 fully saturated rings. The summed E-state index contributed by atoms with van der Waals surface area (Å²) >= 11 is 3.28. The van der Waals surface area contributed by atoms with Crippen molar-refractivity contribution in [3.63, 3.8) is 0 Å². The molecule has 18 heavy (non-hydrogen) atoms. The van der Waals surface area contributed by atoms with E-state index >= 15 is 0 Å². The first kappa shape index (κ1) is 15.6. The van der Waals surface area contributed by atoms with Gasteiger partial charge in [0.15, 0.2) is 0 Å². The third-order valence-electron chi connectivity index (χ3n) is 3.19. The van der Waals surface area contributed by atoms with Gasteiger partial charge in [-0.15, -0.1) is 0 Å². The maximum atomic E-state index is 13.3. The quantitative estimate of drug-likeness (QED) is 0.684. The predicted octanol–water partition coefficient (Wildman–Crippen LogP) is 4.82. The van der Waals surface area contributed by atoms with Crippen molar-refractivity contribution in [1.82, 2.24) is 0 Å². The highest BCUT2D eigenvalue weighted by Crippen LogP contribution is 2.22. The molecule has 1 nitrogen and oxygen atoms in total. The number of unbranched alkanes of at least 4 members (excludes halogenated alkanes) is 4. The lowest BCUT2D eigenvalue weighted by Gasteiger charge is -2.13. The Morgan fingerprint density at radius 1 is 1.22 bits per heavy atom. The number of rotatable bonds is 8. The zero-order valence-corrected chi connectivity index (χ0v) is 12.7. The summed E-state index contributed by atoms with van der Waals surface area (Å²) in [6.45, 7) is 2.22. The molecule has 0 saturated heterocycles. The van der Waals surface area contributed by atoms with Crippen LogP contribution in [-0.2, 0) is 6.42 Å². The molecule has 0 heterocycles. The molecule has 3 heteroatoms. The van der Waals surface area contributed by atoms with Gasteiger partial charge in [-0.25, -0.2) is 4.39 Å². The van der Waals surface area contributed by atoms with Gasteiger partial charge in [0.25, 0.3) is 0 Å². The Morgan fingerprint density at radius 2 is 1.94 bits per heavy atom. The minimum atomic E-state index is -0.206. The molecule has 1 aromatic rings. The number of hydrogen-bond acceptors (Lipinski definition) is 1. The fourth-order valence-electron chi connectivity index (χ4n) is 2.10. The second-order valence-electron chi connectivity index (χ2n) is 4.88. The van der Waals surface area contributed by atoms with Crippen LogP contribution in [0.5, 0.6) is 0 Å². The summed E-state index contributed by atoms with van der Waals surface area (Å²) in [7, 11) is 0. The summed E-state index contributed by atoms with van der Waals surface area (Å²) in [6.07, 6.45) is 8.07. The zero-order chi connectivity index (χ0) is 13.4. The Morgan fingerprint density at radius 3 is 2.67 bits per heavy atom. The van der Waals surface area contributed by atoms with Gasteiger partial charge in [0, 0.05) is 6.04 Å². The number of nitrogens with two attached hydrogens (primary N) is 1. The van der Waals surface area contributed by atoms with Gasteiger partial charge in [0.2, 0.25) is 0 Å². The Kier molecular flexibility index (Phi) is 7.52. The van der Waals surface area contributed by atoms with Crippen LogP contribution in [0.1, 0.15) is 51.0 Å². The first-order chi connectivity index (χ1) is 8.65. The normalized spacial score (nSPS) is 12.7. The topological polar surface area (TPSA) is 26.0 Å². The van der Waals surface area contributed by atoms with Crippen molar-refractivity contribution in [3.8, 4) is 0 Å². The van der Waals surface area contributed by atoms with Crippen molar-refractivity contribution >= 4 is 15.9 Å². The predicted molar refractivity (Wildman–Crippen MR) is 79.2 cm³/mol. The smallest absolute Gasteiger partial charge is 0.137 e. The summed E-state index contributed by atoms with van der Waals surface area (Å²) in [5.41, 5.74) is 7.06. The summed E-state index contributed by atoms with van der Waals surface area (Å²) in [5, 5.41) is 0. The van der Waals surface area contributed by atoms with Crippen molar-refractivity contribution in [2.75, 3.05) is 0 Å². The Bertz CT molecular complexity index is 354. The summed E-state index contributed by atoms with van der Waals surface area (Å²) < 4.78 is 13.9. The molecule has 0 saturated carbocycles. The molecule has 0 aliphatic rings. The SMILES string of the molecule is CCCCCCCC(N)Cc1cccc(F)c1Br. The summed E-state index contributed by atoms with van der Waals surface area (Å²) in [4.78, 5) is 0. The van der Waals surface area contributed by atoms with Crippen molar-refractivity contribution in [1.29, 1.82) is 0 Å². The second-order valence-corrected chi connectivity index (χ2v) is 5.67. The van der Waals surface area contributed by atoms with Crippen LogP contribution in [0.25, 0.3) is 0 Å². The lowest BCUT2D eigenvalue weighted by molar-refractivity contribution is 0.535. The fourth-order valence-corrected chi connectivity index (χ4v) is 2.53. The molecule has 0 aliphatic heterocycles. The standard InChI is InChI=1S/C15H23BrFN/c1-2-3-4-5-6-9-13(18)11-12-8-7-10-14(17)15(12)16/h7-8,10,13H,2-6,9,11,18H2,1H3. The van der Waals surface area contributed by atoms with E-state index < -0.39 is 0 Å². The molecule has 1 aromatic carbocycles. The molecule has 1 atom stereocenters. The highest BCUT2D eigenvalue weighted by Gasteiger charge is 2.09. The molecule has 0 spiro atoms. The maximum Gasteiger partial charge on any atom is 0.137 e. The van der Waals surface area contributed by atoms with Crippen LogP contribution in [0.15, 0.2) is 22.7 Å². The van der Waals surface area contributed by atoms with Crippen LogP contribution in [-0.4, -0.2) is 6.04 Å². The van der Waals surface area contributed by atoms with E-state index in [9.17, 15) is 4.39 Å². The van der Waals surface area contributed by atoms with Gasteiger partial charge in [-0.1, -0.05) is 51.2 Å². The van der Waals surface area contributed by atoms with Crippen molar-refractivity contribution in [3.05, 3.63) is 34.1 Å². The molecule has 1 unspecified atom stereocenters. The fraction of sp³-hybridized carbons (Fsp3) is 0.600. The molecule has 0 aromatic heterocycles. The first-order valence-electron chi connectivity index (χ1n) is 6.83. The summed E-state index contributed by atoms with van der Waals surface area (Å²) in [6, 6.07) is 5.27.